The highest BCUT2D eigenvalue weighted by atomic mass is 16.3. The van der Waals surface area contributed by atoms with Crippen LogP contribution in [0, 0.1) is 5.92 Å². The van der Waals surface area contributed by atoms with Gasteiger partial charge in [0.05, 0.1) is 0 Å². The molecule has 102 valence electrons. The molecule has 0 aliphatic rings. The summed E-state index contributed by atoms with van der Waals surface area (Å²) in [6.07, 6.45) is 3.39. The maximum Gasteiger partial charge on any atom is 0.120 e. The van der Waals surface area contributed by atoms with Gasteiger partial charge in [-0.1, -0.05) is 45.4 Å². The third-order valence-corrected chi connectivity index (χ3v) is 3.66. The fourth-order valence-corrected chi connectivity index (χ4v) is 2.39. The van der Waals surface area contributed by atoms with Gasteiger partial charge in [0.1, 0.15) is 5.75 Å². The second kappa shape index (κ2) is 7.42. The first kappa shape index (κ1) is 15.0. The first-order valence-electron chi connectivity index (χ1n) is 7.12. The lowest BCUT2D eigenvalue weighted by atomic mass is 9.97. The molecular formula is C16H27NO. The van der Waals surface area contributed by atoms with Crippen LogP contribution in [0.4, 0.5) is 0 Å². The summed E-state index contributed by atoms with van der Waals surface area (Å²) in [4.78, 5) is 0. The van der Waals surface area contributed by atoms with Crippen LogP contribution < -0.4 is 5.32 Å². The number of phenolic OH excluding ortho intramolecular Hbond substituents is 1. The standard InChI is InChI=1S/C16H27NO/c1-5-12(3)11-13(4)17-15(6-2)14-9-7-8-10-16(14)18/h7-10,12-13,15,17-18H,5-6,11H2,1-4H3. The molecule has 2 N–H and O–H groups in total. The Labute approximate surface area is 111 Å². The number of para-hydroxylation sites is 1. The van der Waals surface area contributed by atoms with Crippen molar-refractivity contribution in [3.63, 3.8) is 0 Å². The van der Waals surface area contributed by atoms with E-state index < -0.39 is 0 Å². The largest absolute Gasteiger partial charge is 0.508 e. The molecule has 3 unspecified atom stereocenters. The molecule has 2 nitrogen and oxygen atoms in total. The summed E-state index contributed by atoms with van der Waals surface area (Å²) in [5.74, 6) is 1.14. The van der Waals surface area contributed by atoms with Gasteiger partial charge in [0, 0.05) is 17.6 Å². The Kier molecular flexibility index (Phi) is 6.20. The average Bonchev–Trinajstić information content (AvgIpc) is 2.36. The third kappa shape index (κ3) is 4.34. The number of hydrogen-bond acceptors (Lipinski definition) is 2. The van der Waals surface area contributed by atoms with Gasteiger partial charge in [-0.15, -0.1) is 0 Å². The van der Waals surface area contributed by atoms with Crippen LogP contribution in [0.2, 0.25) is 0 Å². The van der Waals surface area contributed by atoms with Crippen molar-refractivity contribution in [3.05, 3.63) is 29.8 Å². The summed E-state index contributed by atoms with van der Waals surface area (Å²) in [7, 11) is 0. The summed E-state index contributed by atoms with van der Waals surface area (Å²) >= 11 is 0. The third-order valence-electron chi connectivity index (χ3n) is 3.66. The lowest BCUT2D eigenvalue weighted by Crippen LogP contribution is -2.31. The lowest BCUT2D eigenvalue weighted by molar-refractivity contribution is 0.363. The van der Waals surface area contributed by atoms with E-state index in [4.69, 9.17) is 0 Å². The van der Waals surface area contributed by atoms with Crippen molar-refractivity contribution >= 4 is 0 Å². The molecule has 0 heterocycles. The summed E-state index contributed by atoms with van der Waals surface area (Å²) < 4.78 is 0. The van der Waals surface area contributed by atoms with Crippen LogP contribution in [-0.4, -0.2) is 11.1 Å². The van der Waals surface area contributed by atoms with E-state index in [0.717, 1.165) is 17.9 Å². The van der Waals surface area contributed by atoms with Crippen LogP contribution in [-0.2, 0) is 0 Å². The molecule has 1 aromatic carbocycles. The minimum atomic E-state index is 0.241. The zero-order valence-electron chi connectivity index (χ0n) is 12.1. The number of benzene rings is 1. The van der Waals surface area contributed by atoms with Crippen molar-refractivity contribution in [2.24, 2.45) is 5.92 Å². The Balaban J connectivity index is 2.65. The molecule has 2 heteroatoms. The predicted molar refractivity (Wildman–Crippen MR) is 77.8 cm³/mol. The number of phenols is 1. The fourth-order valence-electron chi connectivity index (χ4n) is 2.39. The average molecular weight is 249 g/mol. The van der Waals surface area contributed by atoms with Crippen LogP contribution in [0.3, 0.4) is 0 Å². The highest BCUT2D eigenvalue weighted by molar-refractivity contribution is 5.34. The predicted octanol–water partition coefficient (Wildman–Crippen LogP) is 4.26. The molecule has 0 aromatic heterocycles. The number of aromatic hydroxyl groups is 1. The second-order valence-corrected chi connectivity index (χ2v) is 5.34. The van der Waals surface area contributed by atoms with E-state index in [1.54, 1.807) is 6.07 Å². The molecule has 0 aliphatic carbocycles. The highest BCUT2D eigenvalue weighted by Crippen LogP contribution is 2.26. The number of hydrogen-bond donors (Lipinski definition) is 2. The van der Waals surface area contributed by atoms with Crippen LogP contribution in [0.15, 0.2) is 24.3 Å². The summed E-state index contributed by atoms with van der Waals surface area (Å²) in [6.45, 7) is 8.91. The number of rotatable bonds is 7. The van der Waals surface area contributed by atoms with Gasteiger partial charge in [0.2, 0.25) is 0 Å². The van der Waals surface area contributed by atoms with Crippen LogP contribution in [0.1, 0.15) is 58.6 Å². The summed E-state index contributed by atoms with van der Waals surface area (Å²) in [5, 5.41) is 13.5. The molecule has 3 atom stereocenters. The molecule has 0 saturated heterocycles. The molecule has 0 fully saturated rings. The summed E-state index contributed by atoms with van der Waals surface area (Å²) in [6, 6.07) is 8.34. The SMILES string of the molecule is CCC(C)CC(C)NC(CC)c1ccccc1O. The van der Waals surface area contributed by atoms with Gasteiger partial charge in [0.15, 0.2) is 0 Å². The van der Waals surface area contributed by atoms with Gasteiger partial charge < -0.3 is 10.4 Å². The van der Waals surface area contributed by atoms with Gasteiger partial charge in [-0.2, -0.15) is 0 Å². The van der Waals surface area contributed by atoms with Crippen LogP contribution >= 0.6 is 0 Å². The molecule has 0 amide bonds. The van der Waals surface area contributed by atoms with Gasteiger partial charge >= 0.3 is 0 Å². The highest BCUT2D eigenvalue weighted by Gasteiger charge is 2.16. The molecule has 0 saturated carbocycles. The smallest absolute Gasteiger partial charge is 0.120 e. The zero-order valence-corrected chi connectivity index (χ0v) is 12.1. The van der Waals surface area contributed by atoms with Crippen molar-refractivity contribution in [1.29, 1.82) is 0 Å². The molecule has 0 radical (unpaired) electrons. The molecule has 0 spiro atoms. The fraction of sp³-hybridized carbons (Fsp3) is 0.625. The lowest BCUT2D eigenvalue weighted by Gasteiger charge is -2.25. The van der Waals surface area contributed by atoms with E-state index in [2.05, 4.69) is 33.0 Å². The molecule has 18 heavy (non-hydrogen) atoms. The quantitative estimate of drug-likeness (QED) is 0.757. The molecule has 1 rings (SSSR count). The molecule has 1 aromatic rings. The Hall–Kier alpha value is -1.02. The van der Waals surface area contributed by atoms with Gasteiger partial charge in [0.25, 0.3) is 0 Å². The summed E-state index contributed by atoms with van der Waals surface area (Å²) in [5.41, 5.74) is 1.01. The van der Waals surface area contributed by atoms with E-state index in [0.29, 0.717) is 11.8 Å². The second-order valence-electron chi connectivity index (χ2n) is 5.34. The van der Waals surface area contributed by atoms with Crippen LogP contribution in [0.25, 0.3) is 0 Å². The normalized spacial score (nSPS) is 16.2. The van der Waals surface area contributed by atoms with Crippen molar-refractivity contribution in [2.45, 2.75) is 59.0 Å². The molecule has 0 bridgehead atoms. The van der Waals surface area contributed by atoms with Crippen molar-refractivity contribution in [3.8, 4) is 5.75 Å². The van der Waals surface area contributed by atoms with E-state index in [-0.39, 0.29) is 6.04 Å². The first-order chi connectivity index (χ1) is 8.58. The maximum atomic E-state index is 9.91. The van der Waals surface area contributed by atoms with Crippen molar-refractivity contribution in [2.75, 3.05) is 0 Å². The Bertz CT molecular complexity index is 351. The Morgan fingerprint density at radius 2 is 1.78 bits per heavy atom. The van der Waals surface area contributed by atoms with Gasteiger partial charge in [-0.05, 0) is 31.7 Å². The van der Waals surface area contributed by atoms with Crippen molar-refractivity contribution in [1.82, 2.24) is 5.32 Å². The Morgan fingerprint density at radius 3 is 2.33 bits per heavy atom. The molecular weight excluding hydrogens is 222 g/mol. The van der Waals surface area contributed by atoms with Gasteiger partial charge in [-0.25, -0.2) is 0 Å². The van der Waals surface area contributed by atoms with Gasteiger partial charge in [-0.3, -0.25) is 0 Å². The van der Waals surface area contributed by atoms with E-state index in [1.807, 2.05) is 18.2 Å². The maximum absolute atomic E-state index is 9.91. The van der Waals surface area contributed by atoms with E-state index >= 15 is 0 Å². The van der Waals surface area contributed by atoms with Crippen molar-refractivity contribution < 1.29 is 5.11 Å². The van der Waals surface area contributed by atoms with Crippen LogP contribution in [0.5, 0.6) is 5.75 Å². The monoisotopic (exact) mass is 249 g/mol. The topological polar surface area (TPSA) is 32.3 Å². The number of nitrogens with one attached hydrogen (secondary N) is 1. The zero-order chi connectivity index (χ0) is 13.5. The van der Waals surface area contributed by atoms with E-state index in [1.165, 1.54) is 12.8 Å². The minimum Gasteiger partial charge on any atom is -0.508 e. The Morgan fingerprint density at radius 1 is 1.11 bits per heavy atom. The first-order valence-corrected chi connectivity index (χ1v) is 7.12. The molecule has 0 aliphatic heterocycles. The van der Waals surface area contributed by atoms with E-state index in [9.17, 15) is 5.11 Å². The minimum absolute atomic E-state index is 0.241.